The number of nitrogens with zero attached hydrogens (tertiary/aromatic N) is 3. The zero-order valence-corrected chi connectivity index (χ0v) is 16.9. The lowest BCUT2D eigenvalue weighted by molar-refractivity contribution is -0.107. The SMILES string of the molecule is CSc1ccccc1N(C=O)CCCN1CCN(C2CCCCC2)CC1. The number of rotatable bonds is 8. The number of amides is 1. The second-order valence-corrected chi connectivity index (χ2v) is 8.34. The van der Waals surface area contributed by atoms with Crippen LogP contribution in [0.3, 0.4) is 0 Å². The van der Waals surface area contributed by atoms with Gasteiger partial charge in [-0.1, -0.05) is 31.4 Å². The summed E-state index contributed by atoms with van der Waals surface area (Å²) in [7, 11) is 0. The minimum absolute atomic E-state index is 0.796. The van der Waals surface area contributed by atoms with Crippen molar-refractivity contribution in [3.05, 3.63) is 24.3 Å². The fourth-order valence-corrected chi connectivity index (χ4v) is 4.97. The number of anilines is 1. The van der Waals surface area contributed by atoms with Crippen molar-refractivity contribution in [2.24, 2.45) is 0 Å². The van der Waals surface area contributed by atoms with Crippen molar-refractivity contribution in [2.45, 2.75) is 49.5 Å². The van der Waals surface area contributed by atoms with Crippen LogP contribution in [0.4, 0.5) is 5.69 Å². The summed E-state index contributed by atoms with van der Waals surface area (Å²) in [5.41, 5.74) is 1.04. The van der Waals surface area contributed by atoms with Crippen LogP contribution < -0.4 is 4.90 Å². The molecule has 0 spiro atoms. The van der Waals surface area contributed by atoms with Gasteiger partial charge in [-0.3, -0.25) is 9.69 Å². The lowest BCUT2D eigenvalue weighted by Crippen LogP contribution is -2.51. The Hall–Kier alpha value is -1.04. The van der Waals surface area contributed by atoms with Crippen LogP contribution in [0.15, 0.2) is 29.2 Å². The van der Waals surface area contributed by atoms with Gasteiger partial charge in [-0.05, 0) is 44.2 Å². The highest BCUT2D eigenvalue weighted by Crippen LogP contribution is 2.28. The van der Waals surface area contributed by atoms with Crippen LogP contribution >= 0.6 is 11.8 Å². The average molecular weight is 376 g/mol. The Morgan fingerprint density at radius 2 is 1.85 bits per heavy atom. The first-order valence-electron chi connectivity index (χ1n) is 10.1. The van der Waals surface area contributed by atoms with Gasteiger partial charge in [0.1, 0.15) is 0 Å². The van der Waals surface area contributed by atoms with Gasteiger partial charge in [0.15, 0.2) is 0 Å². The maximum atomic E-state index is 11.6. The molecule has 1 aliphatic carbocycles. The first kappa shape index (κ1) is 19.7. The molecule has 2 fully saturated rings. The molecular formula is C21H33N3OS. The van der Waals surface area contributed by atoms with Crippen LogP contribution in [-0.4, -0.2) is 67.8 Å². The predicted molar refractivity (Wildman–Crippen MR) is 111 cm³/mol. The highest BCUT2D eigenvalue weighted by Gasteiger charge is 2.24. The van der Waals surface area contributed by atoms with Crippen molar-refractivity contribution in [2.75, 3.05) is 50.4 Å². The van der Waals surface area contributed by atoms with Gasteiger partial charge in [0.05, 0.1) is 5.69 Å². The van der Waals surface area contributed by atoms with E-state index in [9.17, 15) is 4.79 Å². The number of para-hydroxylation sites is 1. The quantitative estimate of drug-likeness (QED) is 0.511. The zero-order valence-electron chi connectivity index (χ0n) is 16.1. The molecule has 0 atom stereocenters. The van der Waals surface area contributed by atoms with E-state index in [4.69, 9.17) is 0 Å². The lowest BCUT2D eigenvalue weighted by Gasteiger charge is -2.40. The van der Waals surface area contributed by atoms with Crippen molar-refractivity contribution in [3.8, 4) is 0 Å². The summed E-state index contributed by atoms with van der Waals surface area (Å²) in [6.07, 6.45) is 11.2. The van der Waals surface area contributed by atoms with Crippen molar-refractivity contribution in [3.63, 3.8) is 0 Å². The van der Waals surface area contributed by atoms with Gasteiger partial charge in [-0.25, -0.2) is 0 Å². The number of thioether (sulfide) groups is 1. The van der Waals surface area contributed by atoms with Crippen molar-refractivity contribution < 1.29 is 4.79 Å². The standard InChI is InChI=1S/C21H33N3OS/c1-26-21-11-6-5-10-20(21)24(18-25)13-7-12-22-14-16-23(17-15-22)19-8-3-2-4-9-19/h5-6,10-11,18-19H,2-4,7-9,12-17H2,1H3. The van der Waals surface area contributed by atoms with Crippen molar-refractivity contribution in [1.29, 1.82) is 0 Å². The zero-order chi connectivity index (χ0) is 18.2. The van der Waals surface area contributed by atoms with Crippen LogP contribution in [0, 0.1) is 0 Å². The Bertz CT molecular complexity index is 554. The molecule has 1 aromatic rings. The van der Waals surface area contributed by atoms with E-state index in [1.54, 1.807) is 11.8 Å². The molecular weight excluding hydrogens is 342 g/mol. The maximum absolute atomic E-state index is 11.6. The van der Waals surface area contributed by atoms with E-state index in [0.717, 1.165) is 37.6 Å². The van der Waals surface area contributed by atoms with Crippen LogP contribution in [-0.2, 0) is 4.79 Å². The van der Waals surface area contributed by atoms with Crippen LogP contribution in [0.5, 0.6) is 0 Å². The number of hydrogen-bond acceptors (Lipinski definition) is 4. The molecule has 144 valence electrons. The molecule has 0 aromatic heterocycles. The minimum Gasteiger partial charge on any atom is -0.314 e. The van der Waals surface area contributed by atoms with E-state index in [-0.39, 0.29) is 0 Å². The molecule has 1 aliphatic heterocycles. The number of hydrogen-bond donors (Lipinski definition) is 0. The minimum atomic E-state index is 0.796. The predicted octanol–water partition coefficient (Wildman–Crippen LogP) is 3.71. The molecule has 0 N–H and O–H groups in total. The van der Waals surface area contributed by atoms with E-state index >= 15 is 0 Å². The number of carbonyl (C=O) groups excluding carboxylic acids is 1. The number of carbonyl (C=O) groups is 1. The van der Waals surface area contributed by atoms with Gasteiger partial charge in [0.25, 0.3) is 0 Å². The second kappa shape index (κ2) is 10.3. The number of piperazine rings is 1. The van der Waals surface area contributed by atoms with Gasteiger partial charge in [-0.15, -0.1) is 11.8 Å². The molecule has 1 amide bonds. The highest BCUT2D eigenvalue weighted by atomic mass is 32.2. The second-order valence-electron chi connectivity index (χ2n) is 7.49. The molecule has 0 unspecified atom stereocenters. The summed E-state index contributed by atoms with van der Waals surface area (Å²) in [5.74, 6) is 0. The first-order valence-corrected chi connectivity index (χ1v) is 11.4. The van der Waals surface area contributed by atoms with E-state index in [1.807, 2.05) is 23.1 Å². The van der Waals surface area contributed by atoms with Crippen molar-refractivity contribution in [1.82, 2.24) is 9.80 Å². The molecule has 26 heavy (non-hydrogen) atoms. The Kier molecular flexibility index (Phi) is 7.84. The van der Waals surface area contributed by atoms with E-state index in [1.165, 1.54) is 63.2 Å². The molecule has 1 saturated carbocycles. The largest absolute Gasteiger partial charge is 0.314 e. The van der Waals surface area contributed by atoms with Gasteiger partial charge < -0.3 is 9.80 Å². The van der Waals surface area contributed by atoms with Crippen LogP contribution in [0.25, 0.3) is 0 Å². The van der Waals surface area contributed by atoms with Crippen LogP contribution in [0.2, 0.25) is 0 Å². The molecule has 0 radical (unpaired) electrons. The first-order chi connectivity index (χ1) is 12.8. The molecule has 2 aliphatic rings. The molecule has 1 saturated heterocycles. The third-order valence-electron chi connectivity index (χ3n) is 5.89. The molecule has 5 heteroatoms. The van der Waals surface area contributed by atoms with Crippen LogP contribution in [0.1, 0.15) is 38.5 Å². The third kappa shape index (κ3) is 5.24. The lowest BCUT2D eigenvalue weighted by atomic mass is 9.94. The average Bonchev–Trinajstić information content (AvgIpc) is 2.72. The Balaban J connectivity index is 1.41. The normalized spacial score (nSPS) is 20.2. The Morgan fingerprint density at radius 3 is 2.54 bits per heavy atom. The fraction of sp³-hybridized carbons (Fsp3) is 0.667. The molecule has 3 rings (SSSR count). The Labute approximate surface area is 162 Å². The molecule has 1 heterocycles. The smallest absolute Gasteiger partial charge is 0.214 e. The maximum Gasteiger partial charge on any atom is 0.214 e. The summed E-state index contributed by atoms with van der Waals surface area (Å²) in [5, 5.41) is 0. The molecule has 0 bridgehead atoms. The van der Waals surface area contributed by atoms with E-state index in [0.29, 0.717) is 0 Å². The van der Waals surface area contributed by atoms with Crippen molar-refractivity contribution >= 4 is 23.9 Å². The van der Waals surface area contributed by atoms with Gasteiger partial charge in [-0.2, -0.15) is 0 Å². The summed E-state index contributed by atoms with van der Waals surface area (Å²) < 4.78 is 0. The summed E-state index contributed by atoms with van der Waals surface area (Å²) in [6, 6.07) is 9.02. The van der Waals surface area contributed by atoms with E-state index < -0.39 is 0 Å². The number of benzene rings is 1. The van der Waals surface area contributed by atoms with Gasteiger partial charge in [0, 0.05) is 43.7 Å². The monoisotopic (exact) mass is 375 g/mol. The topological polar surface area (TPSA) is 26.8 Å². The summed E-state index contributed by atoms with van der Waals surface area (Å²) >= 11 is 1.70. The molecule has 4 nitrogen and oxygen atoms in total. The van der Waals surface area contributed by atoms with Gasteiger partial charge in [0.2, 0.25) is 6.41 Å². The van der Waals surface area contributed by atoms with Gasteiger partial charge >= 0.3 is 0 Å². The summed E-state index contributed by atoms with van der Waals surface area (Å²) in [6.45, 7) is 6.68. The van der Waals surface area contributed by atoms with E-state index in [2.05, 4.69) is 22.1 Å². The molecule has 1 aromatic carbocycles. The highest BCUT2D eigenvalue weighted by molar-refractivity contribution is 7.98. The Morgan fingerprint density at radius 1 is 1.12 bits per heavy atom. The summed E-state index contributed by atoms with van der Waals surface area (Å²) in [4.78, 5) is 19.9. The third-order valence-corrected chi connectivity index (χ3v) is 6.68. The fourth-order valence-electron chi connectivity index (χ4n) is 4.36.